The summed E-state index contributed by atoms with van der Waals surface area (Å²) >= 11 is 1.26. The Bertz CT molecular complexity index is 1090. The number of imide groups is 1. The number of aliphatic carboxylic acids is 1. The van der Waals surface area contributed by atoms with Crippen molar-refractivity contribution in [2.24, 2.45) is 11.8 Å². The summed E-state index contributed by atoms with van der Waals surface area (Å²) < 4.78 is 4.96. The molecule has 3 atom stereocenters. The Morgan fingerprint density at radius 1 is 1.16 bits per heavy atom. The van der Waals surface area contributed by atoms with Gasteiger partial charge in [-0.3, -0.25) is 19.2 Å². The van der Waals surface area contributed by atoms with Crippen molar-refractivity contribution in [1.82, 2.24) is 5.16 Å². The number of hydrogen-bond donors (Lipinski definition) is 2. The van der Waals surface area contributed by atoms with Crippen LogP contribution in [-0.4, -0.2) is 39.2 Å². The molecule has 3 amide bonds. The van der Waals surface area contributed by atoms with E-state index in [1.54, 1.807) is 37.3 Å². The van der Waals surface area contributed by atoms with Gasteiger partial charge in [-0.05, 0) is 44.0 Å². The van der Waals surface area contributed by atoms with Crippen LogP contribution in [0.5, 0.6) is 0 Å². The third-order valence-corrected chi connectivity index (χ3v) is 6.63. The molecule has 1 fully saturated rings. The van der Waals surface area contributed by atoms with Gasteiger partial charge in [0.05, 0.1) is 17.1 Å². The van der Waals surface area contributed by atoms with Gasteiger partial charge in [0.2, 0.25) is 17.7 Å². The van der Waals surface area contributed by atoms with Gasteiger partial charge in [0, 0.05) is 23.1 Å². The van der Waals surface area contributed by atoms with Crippen LogP contribution in [0.2, 0.25) is 0 Å². The predicted molar refractivity (Wildman–Crippen MR) is 116 cm³/mol. The number of carboxylic acids is 1. The highest BCUT2D eigenvalue weighted by Crippen LogP contribution is 2.34. The van der Waals surface area contributed by atoms with Crippen LogP contribution in [0.3, 0.4) is 0 Å². The lowest BCUT2D eigenvalue weighted by Gasteiger charge is -2.24. The van der Waals surface area contributed by atoms with E-state index in [-0.39, 0.29) is 30.0 Å². The van der Waals surface area contributed by atoms with Gasteiger partial charge in [-0.25, -0.2) is 4.90 Å². The molecular formula is C22H21N3O6S. The van der Waals surface area contributed by atoms with E-state index in [1.165, 1.54) is 17.8 Å². The number of carboxylic acid groups (broad SMARTS) is 1. The molecule has 2 N–H and O–H groups in total. The Morgan fingerprint density at radius 3 is 2.47 bits per heavy atom. The molecule has 10 heteroatoms. The van der Waals surface area contributed by atoms with Gasteiger partial charge < -0.3 is 14.9 Å². The number of thioether (sulfide) groups is 1. The van der Waals surface area contributed by atoms with Crippen LogP contribution in [0.4, 0.5) is 11.5 Å². The molecule has 3 unspecified atom stereocenters. The fourth-order valence-corrected chi connectivity index (χ4v) is 4.84. The normalized spacial score (nSPS) is 22.9. The summed E-state index contributed by atoms with van der Waals surface area (Å²) in [6.45, 7) is 1.68. The Labute approximate surface area is 187 Å². The third-order valence-electron chi connectivity index (χ3n) is 5.44. The SMILES string of the molecule is Cc1cc(N2C(=O)CC(Sc3ccc(NC(=O)C4CC=CCC4C(=O)O)cc3)C2=O)no1. The number of hydrogen-bond acceptors (Lipinski definition) is 7. The first-order valence-electron chi connectivity index (χ1n) is 10.1. The quantitative estimate of drug-likeness (QED) is 0.502. The maximum atomic E-state index is 12.7. The van der Waals surface area contributed by atoms with E-state index in [0.29, 0.717) is 24.3 Å². The molecule has 9 nitrogen and oxygen atoms in total. The third kappa shape index (κ3) is 4.45. The summed E-state index contributed by atoms with van der Waals surface area (Å²) in [6.07, 6.45) is 4.39. The van der Waals surface area contributed by atoms with E-state index in [0.717, 1.165) is 9.80 Å². The number of aromatic nitrogens is 1. The Morgan fingerprint density at radius 2 is 1.84 bits per heavy atom. The molecular weight excluding hydrogens is 434 g/mol. The number of nitrogens with one attached hydrogen (secondary N) is 1. The topological polar surface area (TPSA) is 130 Å². The summed E-state index contributed by atoms with van der Waals surface area (Å²) in [7, 11) is 0. The first-order valence-corrected chi connectivity index (χ1v) is 11.0. The summed E-state index contributed by atoms with van der Waals surface area (Å²) in [5.74, 6) is -2.67. The van der Waals surface area contributed by atoms with Gasteiger partial charge in [-0.1, -0.05) is 17.3 Å². The lowest BCUT2D eigenvalue weighted by molar-refractivity contribution is -0.146. The van der Waals surface area contributed by atoms with Crippen molar-refractivity contribution < 1.29 is 28.8 Å². The number of aryl methyl sites for hydroxylation is 1. The fraction of sp³-hybridized carbons (Fsp3) is 0.318. The van der Waals surface area contributed by atoms with E-state index < -0.39 is 23.1 Å². The van der Waals surface area contributed by atoms with Gasteiger partial charge in [0.1, 0.15) is 5.76 Å². The maximum Gasteiger partial charge on any atom is 0.307 e. The van der Waals surface area contributed by atoms with Crippen LogP contribution < -0.4 is 10.2 Å². The first-order chi connectivity index (χ1) is 15.3. The number of carbonyl (C=O) groups is 4. The minimum Gasteiger partial charge on any atom is -0.481 e. The first kappa shape index (κ1) is 21.8. The zero-order valence-corrected chi connectivity index (χ0v) is 18.0. The molecule has 2 aromatic rings. The molecule has 166 valence electrons. The van der Waals surface area contributed by atoms with Gasteiger partial charge in [0.25, 0.3) is 0 Å². The molecule has 0 spiro atoms. The molecule has 1 aromatic carbocycles. The molecule has 1 aliphatic carbocycles. The van der Waals surface area contributed by atoms with Crippen molar-refractivity contribution >= 4 is 47.0 Å². The van der Waals surface area contributed by atoms with Crippen molar-refractivity contribution in [2.75, 3.05) is 10.2 Å². The molecule has 1 saturated heterocycles. The van der Waals surface area contributed by atoms with E-state index in [2.05, 4.69) is 10.5 Å². The maximum absolute atomic E-state index is 12.7. The smallest absolute Gasteiger partial charge is 0.307 e. The predicted octanol–water partition coefficient (Wildman–Crippen LogP) is 3.01. The summed E-state index contributed by atoms with van der Waals surface area (Å²) in [6, 6.07) is 8.41. The van der Waals surface area contributed by atoms with E-state index >= 15 is 0 Å². The van der Waals surface area contributed by atoms with Crippen LogP contribution in [0.25, 0.3) is 0 Å². The Kier molecular flexibility index (Phi) is 6.13. The Balaban J connectivity index is 1.38. The van der Waals surface area contributed by atoms with Gasteiger partial charge in [-0.15, -0.1) is 11.8 Å². The number of anilines is 2. The fourth-order valence-electron chi connectivity index (χ4n) is 3.79. The van der Waals surface area contributed by atoms with Crippen molar-refractivity contribution in [1.29, 1.82) is 0 Å². The van der Waals surface area contributed by atoms with Gasteiger partial charge in [0.15, 0.2) is 5.82 Å². The van der Waals surface area contributed by atoms with Gasteiger partial charge in [-0.2, -0.15) is 0 Å². The molecule has 32 heavy (non-hydrogen) atoms. The number of amides is 3. The zero-order valence-electron chi connectivity index (χ0n) is 17.2. The second-order valence-corrected chi connectivity index (χ2v) is 8.96. The minimum absolute atomic E-state index is 0.0552. The average molecular weight is 455 g/mol. The second-order valence-electron chi connectivity index (χ2n) is 7.68. The lowest BCUT2D eigenvalue weighted by atomic mass is 9.82. The molecule has 4 rings (SSSR count). The number of rotatable bonds is 6. The van der Waals surface area contributed by atoms with E-state index in [4.69, 9.17) is 4.52 Å². The molecule has 2 heterocycles. The van der Waals surface area contributed by atoms with Gasteiger partial charge >= 0.3 is 5.97 Å². The van der Waals surface area contributed by atoms with Crippen molar-refractivity contribution in [3.8, 4) is 0 Å². The molecule has 0 saturated carbocycles. The molecule has 2 aliphatic rings. The number of nitrogens with zero attached hydrogens (tertiary/aromatic N) is 2. The summed E-state index contributed by atoms with van der Waals surface area (Å²) in [4.78, 5) is 50.8. The van der Waals surface area contributed by atoms with Crippen LogP contribution in [-0.2, 0) is 19.2 Å². The molecule has 0 bridgehead atoms. The highest BCUT2D eigenvalue weighted by molar-refractivity contribution is 8.00. The number of allylic oxidation sites excluding steroid dienone is 2. The monoisotopic (exact) mass is 455 g/mol. The van der Waals surface area contributed by atoms with Crippen molar-refractivity contribution in [2.45, 2.75) is 36.3 Å². The highest BCUT2D eigenvalue weighted by atomic mass is 32.2. The van der Waals surface area contributed by atoms with Crippen LogP contribution in [0.1, 0.15) is 25.0 Å². The second kappa shape index (κ2) is 8.99. The van der Waals surface area contributed by atoms with E-state index in [1.807, 2.05) is 6.08 Å². The number of benzene rings is 1. The van der Waals surface area contributed by atoms with Crippen LogP contribution in [0.15, 0.2) is 51.9 Å². The van der Waals surface area contributed by atoms with Crippen molar-refractivity contribution in [3.63, 3.8) is 0 Å². The van der Waals surface area contributed by atoms with Crippen molar-refractivity contribution in [3.05, 3.63) is 48.2 Å². The van der Waals surface area contributed by atoms with Crippen LogP contribution >= 0.6 is 11.8 Å². The molecule has 1 aliphatic heterocycles. The summed E-state index contributed by atoms with van der Waals surface area (Å²) in [5.41, 5.74) is 0.534. The highest BCUT2D eigenvalue weighted by Gasteiger charge is 2.41. The minimum atomic E-state index is -0.980. The Hall–Kier alpha value is -3.40. The number of carbonyl (C=O) groups excluding carboxylic acids is 3. The lowest BCUT2D eigenvalue weighted by Crippen LogP contribution is -2.34. The summed E-state index contributed by atoms with van der Waals surface area (Å²) in [5, 5.41) is 15.3. The standard InChI is InChI=1S/C22H21N3O6S/c1-12-10-18(24-31-12)25-19(26)11-17(21(25)28)32-14-8-6-13(7-9-14)23-20(27)15-4-2-3-5-16(15)22(29)30/h2-3,6-10,15-17H,4-5,11H2,1H3,(H,23,27)(H,29,30). The van der Waals surface area contributed by atoms with E-state index in [9.17, 15) is 24.3 Å². The van der Waals surface area contributed by atoms with Crippen LogP contribution in [0, 0.1) is 18.8 Å². The zero-order chi connectivity index (χ0) is 22.8. The largest absolute Gasteiger partial charge is 0.481 e. The molecule has 0 radical (unpaired) electrons. The molecule has 1 aromatic heterocycles. The average Bonchev–Trinajstić information content (AvgIpc) is 3.31.